The molecular weight excluding hydrogens is 361 g/mol. The highest BCUT2D eigenvalue weighted by Crippen LogP contribution is 2.59. The number of benzene rings is 2. The molecule has 1 heterocycles. The molecule has 1 aliphatic rings. The van der Waals surface area contributed by atoms with E-state index >= 15 is 0 Å². The van der Waals surface area contributed by atoms with Gasteiger partial charge in [-0.3, -0.25) is 0 Å². The summed E-state index contributed by atoms with van der Waals surface area (Å²) >= 11 is 0. The fraction of sp³-hybridized carbons (Fsp3) is 0.417. The van der Waals surface area contributed by atoms with Gasteiger partial charge in [-0.15, -0.1) is 0 Å². The highest BCUT2D eigenvalue weighted by atomic mass is 31.2. The van der Waals surface area contributed by atoms with Gasteiger partial charge in [0.1, 0.15) is 0 Å². The Labute approximate surface area is 172 Å². The summed E-state index contributed by atoms with van der Waals surface area (Å²) in [6.07, 6.45) is 4.58. The number of hydrogen-bond donors (Lipinski definition) is 0. The topological polar surface area (TPSA) is 9.72 Å². The zero-order valence-corrected chi connectivity index (χ0v) is 19.0. The van der Waals surface area contributed by atoms with Crippen LogP contribution in [0.5, 0.6) is 0 Å². The van der Waals surface area contributed by atoms with E-state index in [9.17, 15) is 0 Å². The fourth-order valence-electron chi connectivity index (χ4n) is 3.38. The zero-order chi connectivity index (χ0) is 20.4. The lowest BCUT2D eigenvalue weighted by atomic mass is 10.1. The van der Waals surface area contributed by atoms with Gasteiger partial charge in [0, 0.05) is 36.6 Å². The van der Waals surface area contributed by atoms with E-state index in [1.54, 1.807) is 0 Å². The van der Waals surface area contributed by atoms with E-state index in [1.165, 1.54) is 11.1 Å². The van der Waals surface area contributed by atoms with Gasteiger partial charge in [-0.25, -0.2) is 4.67 Å². The molecule has 0 aliphatic carbocycles. The van der Waals surface area contributed by atoms with Crippen molar-refractivity contribution in [1.29, 1.82) is 0 Å². The summed E-state index contributed by atoms with van der Waals surface area (Å²) in [7, 11) is -0.670. The Hall–Kier alpha value is -1.83. The Balaban J connectivity index is 1.99. The molecule has 4 heteroatoms. The monoisotopic (exact) mass is 395 g/mol. The molecule has 0 unspecified atom stereocenters. The van der Waals surface area contributed by atoms with E-state index in [0.717, 1.165) is 13.1 Å². The van der Waals surface area contributed by atoms with E-state index in [2.05, 4.69) is 129 Å². The first-order chi connectivity index (χ1) is 13.2. The van der Waals surface area contributed by atoms with Gasteiger partial charge >= 0.3 is 0 Å². The van der Waals surface area contributed by atoms with Gasteiger partial charge in [0.25, 0.3) is 0 Å². The summed E-state index contributed by atoms with van der Waals surface area (Å²) in [5.74, 6) is 0. The Morgan fingerprint density at radius 2 is 1.00 bits per heavy atom. The largest absolute Gasteiger partial charge is 0.321 e. The van der Waals surface area contributed by atoms with Gasteiger partial charge in [0.2, 0.25) is 0 Å². The predicted molar refractivity (Wildman–Crippen MR) is 121 cm³/mol. The lowest BCUT2D eigenvalue weighted by molar-refractivity contribution is 0.268. The van der Waals surface area contributed by atoms with Crippen LogP contribution in [0, 0.1) is 0 Å². The molecule has 28 heavy (non-hydrogen) atoms. The molecule has 0 bridgehead atoms. The minimum absolute atomic E-state index is 0.0633. The molecule has 0 saturated carbocycles. The van der Waals surface area contributed by atoms with Gasteiger partial charge in [-0.1, -0.05) is 60.7 Å². The van der Waals surface area contributed by atoms with Crippen molar-refractivity contribution < 1.29 is 0 Å². The number of nitrogens with zero attached hydrogens (tertiary/aromatic N) is 3. The van der Waals surface area contributed by atoms with Crippen LogP contribution in [0.25, 0.3) is 0 Å². The number of rotatable bonds is 5. The first-order valence-electron chi connectivity index (χ1n) is 10.1. The van der Waals surface area contributed by atoms with Crippen LogP contribution in [0.2, 0.25) is 0 Å². The van der Waals surface area contributed by atoms with Crippen LogP contribution in [0.3, 0.4) is 0 Å². The van der Waals surface area contributed by atoms with E-state index in [-0.39, 0.29) is 11.1 Å². The quantitative estimate of drug-likeness (QED) is 0.528. The maximum Gasteiger partial charge on any atom is 0.179 e. The predicted octanol–water partition coefficient (Wildman–Crippen LogP) is 6.60. The standard InChI is InChI=1S/C24H34N3P/c1-23(2,3)26-17-18-27(24(4,5)6)28(26)25(19-21-13-9-7-10-14-21)20-22-15-11-8-12-16-22/h7-18H,19-20H2,1-6H3. The summed E-state index contributed by atoms with van der Waals surface area (Å²) in [5, 5.41) is 0. The van der Waals surface area contributed by atoms with Crippen LogP contribution >= 0.6 is 8.37 Å². The minimum Gasteiger partial charge on any atom is -0.321 e. The molecule has 0 N–H and O–H groups in total. The fourth-order valence-corrected chi connectivity index (χ4v) is 6.14. The van der Waals surface area contributed by atoms with Crippen molar-refractivity contribution >= 4 is 8.37 Å². The maximum atomic E-state index is 2.65. The third kappa shape index (κ3) is 4.96. The Morgan fingerprint density at radius 3 is 1.32 bits per heavy atom. The molecule has 0 amide bonds. The summed E-state index contributed by atoms with van der Waals surface area (Å²) in [6, 6.07) is 21.7. The molecule has 0 spiro atoms. The molecule has 0 radical (unpaired) electrons. The van der Waals surface area contributed by atoms with Crippen molar-refractivity contribution in [3.63, 3.8) is 0 Å². The molecule has 0 saturated heterocycles. The van der Waals surface area contributed by atoms with Crippen molar-refractivity contribution in [1.82, 2.24) is 14.0 Å². The van der Waals surface area contributed by atoms with Crippen LogP contribution in [0.15, 0.2) is 73.1 Å². The normalized spacial score (nSPS) is 15.7. The van der Waals surface area contributed by atoms with Crippen molar-refractivity contribution in [2.24, 2.45) is 0 Å². The van der Waals surface area contributed by atoms with Crippen LogP contribution in [-0.4, -0.2) is 25.1 Å². The van der Waals surface area contributed by atoms with E-state index in [1.807, 2.05) is 0 Å². The molecule has 2 aromatic carbocycles. The number of hydrogen-bond acceptors (Lipinski definition) is 3. The minimum atomic E-state index is -0.670. The maximum absolute atomic E-state index is 2.65. The summed E-state index contributed by atoms with van der Waals surface area (Å²) in [5.41, 5.74) is 2.84. The van der Waals surface area contributed by atoms with Gasteiger partial charge in [-0.05, 0) is 52.7 Å². The van der Waals surface area contributed by atoms with Gasteiger partial charge in [0.15, 0.2) is 8.37 Å². The van der Waals surface area contributed by atoms with Gasteiger partial charge in [-0.2, -0.15) is 0 Å². The third-order valence-corrected chi connectivity index (χ3v) is 7.80. The van der Waals surface area contributed by atoms with Crippen molar-refractivity contribution in [2.75, 3.05) is 0 Å². The lowest BCUT2D eigenvalue weighted by Crippen LogP contribution is -2.43. The third-order valence-electron chi connectivity index (χ3n) is 4.78. The molecule has 150 valence electrons. The van der Waals surface area contributed by atoms with Crippen molar-refractivity contribution in [3.8, 4) is 0 Å². The average Bonchev–Trinajstić information content (AvgIpc) is 3.09. The van der Waals surface area contributed by atoms with Crippen LogP contribution in [-0.2, 0) is 13.1 Å². The van der Waals surface area contributed by atoms with Crippen LogP contribution in [0.1, 0.15) is 52.7 Å². The van der Waals surface area contributed by atoms with Gasteiger partial charge in [0.05, 0.1) is 0 Å². The van der Waals surface area contributed by atoms with E-state index < -0.39 is 8.37 Å². The second kappa shape index (κ2) is 8.27. The zero-order valence-electron chi connectivity index (χ0n) is 18.1. The van der Waals surface area contributed by atoms with Crippen molar-refractivity contribution in [2.45, 2.75) is 65.7 Å². The first-order valence-corrected chi connectivity index (χ1v) is 11.3. The molecule has 0 aromatic heterocycles. The average molecular weight is 396 g/mol. The Morgan fingerprint density at radius 1 is 0.643 bits per heavy atom. The first kappa shape index (κ1) is 20.9. The highest BCUT2D eigenvalue weighted by molar-refractivity contribution is 7.50. The smallest absolute Gasteiger partial charge is 0.179 e. The summed E-state index contributed by atoms with van der Waals surface area (Å²) < 4.78 is 7.76. The second-order valence-corrected chi connectivity index (χ2v) is 11.4. The van der Waals surface area contributed by atoms with Crippen molar-refractivity contribution in [3.05, 3.63) is 84.2 Å². The molecular formula is C24H34N3P. The molecule has 0 atom stereocenters. The Bertz CT molecular complexity index is 709. The summed E-state index contributed by atoms with van der Waals surface area (Å²) in [4.78, 5) is 0. The van der Waals surface area contributed by atoms with E-state index in [4.69, 9.17) is 0 Å². The highest BCUT2D eigenvalue weighted by Gasteiger charge is 2.42. The van der Waals surface area contributed by atoms with Crippen LogP contribution in [0.4, 0.5) is 0 Å². The molecule has 0 fully saturated rings. The lowest BCUT2D eigenvalue weighted by Gasteiger charge is -2.48. The van der Waals surface area contributed by atoms with E-state index in [0.29, 0.717) is 0 Å². The second-order valence-electron chi connectivity index (χ2n) is 9.39. The van der Waals surface area contributed by atoms with Crippen LogP contribution < -0.4 is 0 Å². The molecule has 3 nitrogen and oxygen atoms in total. The van der Waals surface area contributed by atoms with Gasteiger partial charge < -0.3 is 9.34 Å². The Kier molecular flexibility index (Phi) is 6.17. The molecule has 1 aliphatic heterocycles. The molecule has 3 rings (SSSR count). The summed E-state index contributed by atoms with van der Waals surface area (Å²) in [6.45, 7) is 15.7. The molecule has 2 aromatic rings. The SMILES string of the molecule is CC(C)(C)N1C=CN(C(C)(C)C)P1N(Cc1ccccc1)Cc1ccccc1.